The van der Waals surface area contributed by atoms with Gasteiger partial charge in [0.2, 0.25) is 0 Å². The molecule has 0 bridgehead atoms. The van der Waals surface area contributed by atoms with E-state index >= 15 is 0 Å². The van der Waals surface area contributed by atoms with Crippen molar-refractivity contribution in [2.24, 2.45) is 0 Å². The van der Waals surface area contributed by atoms with E-state index in [4.69, 9.17) is 5.73 Å². The van der Waals surface area contributed by atoms with Crippen LogP contribution in [0.2, 0.25) is 0 Å². The summed E-state index contributed by atoms with van der Waals surface area (Å²) < 4.78 is 2.37. The number of fused-ring (bicyclic) bond motifs is 1. The molecule has 0 saturated heterocycles. The van der Waals surface area contributed by atoms with E-state index in [1.165, 1.54) is 6.42 Å². The number of aromatic nitrogens is 2. The van der Waals surface area contributed by atoms with Gasteiger partial charge in [-0.1, -0.05) is 30.3 Å². The van der Waals surface area contributed by atoms with Crippen LogP contribution >= 0.6 is 0 Å². The third-order valence-electron chi connectivity index (χ3n) is 7.07. The molecule has 0 radical (unpaired) electrons. The van der Waals surface area contributed by atoms with Gasteiger partial charge in [0, 0.05) is 40.8 Å². The Morgan fingerprint density at radius 1 is 0.923 bits per heavy atom. The van der Waals surface area contributed by atoms with Crippen molar-refractivity contribution in [1.29, 1.82) is 0 Å². The minimum absolute atomic E-state index is 0.111. The zero-order chi connectivity index (χ0) is 27.7. The van der Waals surface area contributed by atoms with Crippen LogP contribution in [-0.2, 0) is 0 Å². The summed E-state index contributed by atoms with van der Waals surface area (Å²) in [6.45, 7) is 7.45. The second-order valence-corrected chi connectivity index (χ2v) is 10.8. The second kappa shape index (κ2) is 10.8. The lowest BCUT2D eigenvalue weighted by molar-refractivity contribution is 0.232. The fourth-order valence-electron chi connectivity index (χ4n) is 5.07. The van der Waals surface area contributed by atoms with Crippen LogP contribution in [0.3, 0.4) is 0 Å². The Morgan fingerprint density at radius 3 is 2.10 bits per heavy atom. The Balaban J connectivity index is 1.58. The van der Waals surface area contributed by atoms with Gasteiger partial charge in [0.1, 0.15) is 0 Å². The zero-order valence-electron chi connectivity index (χ0n) is 22.9. The number of carbonyl (C=O) groups is 2. The molecule has 8 heteroatoms. The number of nitrogens with zero attached hydrogens (tertiary/aromatic N) is 3. The van der Waals surface area contributed by atoms with Crippen LogP contribution in [0, 0.1) is 0 Å². The van der Waals surface area contributed by atoms with Gasteiger partial charge in [-0.05, 0) is 77.3 Å². The van der Waals surface area contributed by atoms with Gasteiger partial charge in [-0.25, -0.2) is 14.5 Å². The molecule has 8 nitrogen and oxygen atoms in total. The molecule has 1 aliphatic rings. The van der Waals surface area contributed by atoms with Crippen LogP contribution in [0.5, 0.6) is 0 Å². The summed E-state index contributed by atoms with van der Waals surface area (Å²) in [5, 5.41) is 6.66. The Kier molecular flexibility index (Phi) is 7.28. The van der Waals surface area contributed by atoms with Gasteiger partial charge in [0.05, 0.1) is 28.3 Å². The van der Waals surface area contributed by atoms with Crippen LogP contribution in [0.15, 0.2) is 66.9 Å². The molecule has 2 heterocycles. The standard InChI is InChI=1S/C31H36N6O2/c1-19(2)34-30(38)37(31(39)35-20(3)4)24-14-11-21(12-15-24)29-28(32)25-16-13-22(26-10-5-6-17-33-26)18-27(25)36(29)23-8-7-9-23/h5-6,10-20,23H,7-9,32H2,1-4H3,(H,34,38)(H,35,39). The highest BCUT2D eigenvalue weighted by Crippen LogP contribution is 2.45. The second-order valence-electron chi connectivity index (χ2n) is 10.8. The molecular weight excluding hydrogens is 488 g/mol. The molecule has 4 aromatic rings. The number of hydrogen-bond acceptors (Lipinski definition) is 4. The van der Waals surface area contributed by atoms with Crippen molar-refractivity contribution in [1.82, 2.24) is 20.2 Å². The molecule has 0 spiro atoms. The number of imide groups is 1. The number of nitrogen functional groups attached to an aromatic ring is 1. The Bertz CT molecular complexity index is 1470. The van der Waals surface area contributed by atoms with Crippen LogP contribution in [0.4, 0.5) is 21.0 Å². The summed E-state index contributed by atoms with van der Waals surface area (Å²) in [5.74, 6) is 0. The average molecular weight is 525 g/mol. The fourth-order valence-corrected chi connectivity index (χ4v) is 5.07. The summed E-state index contributed by atoms with van der Waals surface area (Å²) in [6.07, 6.45) is 5.19. The topological polar surface area (TPSA) is 105 Å². The summed E-state index contributed by atoms with van der Waals surface area (Å²) in [5.41, 5.74) is 13.0. The molecule has 0 unspecified atom stereocenters. The first-order valence-corrected chi connectivity index (χ1v) is 13.6. The molecule has 1 saturated carbocycles. The maximum Gasteiger partial charge on any atom is 0.330 e. The maximum atomic E-state index is 13.0. The molecule has 2 aromatic carbocycles. The first-order chi connectivity index (χ1) is 18.7. The van der Waals surface area contributed by atoms with Gasteiger partial charge >= 0.3 is 12.1 Å². The molecule has 5 rings (SSSR count). The lowest BCUT2D eigenvalue weighted by Gasteiger charge is -2.30. The third kappa shape index (κ3) is 5.19. The number of nitrogens with two attached hydrogens (primary N) is 1. The predicted molar refractivity (Wildman–Crippen MR) is 158 cm³/mol. The highest BCUT2D eigenvalue weighted by molar-refractivity contribution is 6.13. The normalized spacial score (nSPS) is 13.5. The number of pyridine rings is 1. The molecular formula is C31H36N6O2. The summed E-state index contributed by atoms with van der Waals surface area (Å²) in [7, 11) is 0. The van der Waals surface area contributed by atoms with Crippen molar-refractivity contribution >= 4 is 34.3 Å². The molecule has 0 aliphatic heterocycles. The minimum atomic E-state index is -0.471. The van der Waals surface area contributed by atoms with Crippen LogP contribution in [0.25, 0.3) is 33.4 Å². The smallest absolute Gasteiger partial charge is 0.330 e. The van der Waals surface area contributed by atoms with E-state index in [2.05, 4.69) is 38.4 Å². The van der Waals surface area contributed by atoms with Crippen molar-refractivity contribution in [2.45, 2.75) is 65.1 Å². The summed E-state index contributed by atoms with van der Waals surface area (Å²) in [6, 6.07) is 18.9. The summed E-state index contributed by atoms with van der Waals surface area (Å²) in [4.78, 5) is 31.6. The van der Waals surface area contributed by atoms with E-state index in [1.54, 1.807) is 18.3 Å². The lowest BCUT2D eigenvalue weighted by atomic mass is 9.92. The van der Waals surface area contributed by atoms with Gasteiger partial charge in [0.25, 0.3) is 0 Å². The molecule has 1 fully saturated rings. The lowest BCUT2D eigenvalue weighted by Crippen LogP contribution is -2.51. The van der Waals surface area contributed by atoms with E-state index in [9.17, 15) is 9.59 Å². The Labute approximate surface area is 229 Å². The number of anilines is 2. The van der Waals surface area contributed by atoms with Gasteiger partial charge in [0.15, 0.2) is 0 Å². The molecule has 1 aliphatic carbocycles. The SMILES string of the molecule is CC(C)NC(=O)N(C(=O)NC(C)C)c1ccc(-c2c(N)c3ccc(-c4ccccn4)cc3n2C2CCC2)cc1. The van der Waals surface area contributed by atoms with E-state index < -0.39 is 12.1 Å². The quantitative estimate of drug-likeness (QED) is 0.260. The Hall–Kier alpha value is -4.33. The number of urea groups is 2. The third-order valence-corrected chi connectivity index (χ3v) is 7.07. The first kappa shape index (κ1) is 26.3. The fraction of sp³-hybridized carbons (Fsp3) is 0.323. The van der Waals surface area contributed by atoms with Crippen molar-refractivity contribution in [3.05, 3.63) is 66.9 Å². The van der Waals surface area contributed by atoms with Gasteiger partial charge in [-0.15, -0.1) is 0 Å². The number of nitrogens with one attached hydrogen (secondary N) is 2. The molecule has 4 N–H and O–H groups in total. The van der Waals surface area contributed by atoms with E-state index in [0.29, 0.717) is 11.7 Å². The maximum absolute atomic E-state index is 13.0. The van der Waals surface area contributed by atoms with E-state index in [0.717, 1.165) is 56.8 Å². The molecule has 202 valence electrons. The number of amides is 4. The van der Waals surface area contributed by atoms with Gasteiger partial charge in [-0.3, -0.25) is 4.98 Å². The average Bonchev–Trinajstić information content (AvgIpc) is 3.14. The van der Waals surface area contributed by atoms with Gasteiger partial charge in [-0.2, -0.15) is 0 Å². The van der Waals surface area contributed by atoms with E-state index in [1.807, 2.05) is 58.0 Å². The number of carbonyl (C=O) groups excluding carboxylic acids is 2. The van der Waals surface area contributed by atoms with Crippen LogP contribution < -0.4 is 21.3 Å². The minimum Gasteiger partial charge on any atom is -0.396 e. The van der Waals surface area contributed by atoms with Crippen molar-refractivity contribution in [3.8, 4) is 22.5 Å². The number of hydrogen-bond donors (Lipinski definition) is 3. The van der Waals surface area contributed by atoms with Crippen molar-refractivity contribution in [3.63, 3.8) is 0 Å². The predicted octanol–water partition coefficient (Wildman–Crippen LogP) is 6.72. The van der Waals surface area contributed by atoms with E-state index in [-0.39, 0.29) is 12.1 Å². The summed E-state index contributed by atoms with van der Waals surface area (Å²) >= 11 is 0. The first-order valence-electron chi connectivity index (χ1n) is 13.6. The zero-order valence-corrected chi connectivity index (χ0v) is 22.9. The largest absolute Gasteiger partial charge is 0.396 e. The highest BCUT2D eigenvalue weighted by atomic mass is 16.2. The van der Waals surface area contributed by atoms with Crippen LogP contribution in [-0.4, -0.2) is 33.7 Å². The number of rotatable bonds is 6. The molecule has 4 amide bonds. The monoisotopic (exact) mass is 524 g/mol. The molecule has 0 atom stereocenters. The Morgan fingerprint density at radius 2 is 1.56 bits per heavy atom. The number of benzene rings is 2. The molecule has 39 heavy (non-hydrogen) atoms. The molecule has 2 aromatic heterocycles. The van der Waals surface area contributed by atoms with Gasteiger partial charge < -0.3 is 20.9 Å². The van der Waals surface area contributed by atoms with Crippen LogP contribution in [0.1, 0.15) is 53.0 Å². The van der Waals surface area contributed by atoms with Crippen molar-refractivity contribution < 1.29 is 9.59 Å². The van der Waals surface area contributed by atoms with Crippen molar-refractivity contribution in [2.75, 3.05) is 10.6 Å². The highest BCUT2D eigenvalue weighted by Gasteiger charge is 2.28.